The standard InChI is InChI=1S/C26H19N3O7S/c1-35-25(31)22-11-10-19(36-22)15-27-14-17(20-4-2-3-5-21(20)27)12-23-24(30)28(26(32)37-23)13-16-6-8-18(9-7-16)29(33)34/h2-12,14H,13,15H2,1H3/b23-12-. The number of amides is 2. The van der Waals surface area contributed by atoms with Crippen LogP contribution in [0.15, 0.2) is 76.2 Å². The van der Waals surface area contributed by atoms with Gasteiger partial charge in [0, 0.05) is 34.8 Å². The Bertz CT molecular complexity index is 1580. The summed E-state index contributed by atoms with van der Waals surface area (Å²) in [6.45, 7) is 0.357. The van der Waals surface area contributed by atoms with E-state index in [9.17, 15) is 24.5 Å². The summed E-state index contributed by atoms with van der Waals surface area (Å²) in [5, 5.41) is 11.3. The SMILES string of the molecule is COC(=O)c1ccc(Cn2cc(/C=C3\SC(=O)N(Cc4ccc([N+](=O)[O-])cc4)C3=O)c3ccccc32)o1. The minimum Gasteiger partial charge on any atom is -0.463 e. The van der Waals surface area contributed by atoms with Crippen molar-refractivity contribution < 1.29 is 28.5 Å². The molecule has 0 atom stereocenters. The number of methoxy groups -OCH3 is 1. The molecule has 2 amide bonds. The lowest BCUT2D eigenvalue weighted by atomic mass is 10.1. The van der Waals surface area contributed by atoms with E-state index in [0.29, 0.717) is 17.9 Å². The maximum absolute atomic E-state index is 13.1. The molecule has 0 aliphatic carbocycles. The first-order valence-corrected chi connectivity index (χ1v) is 11.9. The molecular formula is C26H19N3O7S. The van der Waals surface area contributed by atoms with Gasteiger partial charge in [-0.2, -0.15) is 0 Å². The molecule has 0 bridgehead atoms. The smallest absolute Gasteiger partial charge is 0.373 e. The number of nitrogens with zero attached hydrogens (tertiary/aromatic N) is 3. The Kier molecular flexibility index (Phi) is 6.36. The molecule has 37 heavy (non-hydrogen) atoms. The van der Waals surface area contributed by atoms with Crippen LogP contribution in [-0.2, 0) is 22.6 Å². The molecule has 1 fully saturated rings. The van der Waals surface area contributed by atoms with Gasteiger partial charge in [0.2, 0.25) is 5.76 Å². The number of nitro benzene ring substituents is 1. The van der Waals surface area contributed by atoms with Crippen molar-refractivity contribution >= 4 is 51.5 Å². The van der Waals surface area contributed by atoms with Crippen LogP contribution in [-0.4, -0.2) is 38.6 Å². The van der Waals surface area contributed by atoms with E-state index < -0.39 is 22.0 Å². The zero-order valence-electron chi connectivity index (χ0n) is 19.5. The van der Waals surface area contributed by atoms with Crippen molar-refractivity contribution in [3.05, 3.63) is 105 Å². The van der Waals surface area contributed by atoms with E-state index in [0.717, 1.165) is 33.1 Å². The number of hydrogen-bond acceptors (Lipinski definition) is 8. The number of para-hydroxylation sites is 1. The van der Waals surface area contributed by atoms with Gasteiger partial charge in [-0.05, 0) is 41.6 Å². The molecule has 186 valence electrons. The number of thioether (sulfide) groups is 1. The van der Waals surface area contributed by atoms with Gasteiger partial charge < -0.3 is 13.7 Å². The maximum atomic E-state index is 13.1. The van der Waals surface area contributed by atoms with E-state index in [-0.39, 0.29) is 22.9 Å². The zero-order valence-corrected chi connectivity index (χ0v) is 20.3. The minimum atomic E-state index is -0.561. The Hall–Kier alpha value is -4.64. The van der Waals surface area contributed by atoms with Crippen molar-refractivity contribution in [2.24, 2.45) is 0 Å². The van der Waals surface area contributed by atoms with Crippen molar-refractivity contribution in [2.45, 2.75) is 13.1 Å². The molecule has 10 nitrogen and oxygen atoms in total. The van der Waals surface area contributed by atoms with E-state index in [1.807, 2.05) is 35.0 Å². The molecule has 0 spiro atoms. The number of nitro groups is 1. The summed E-state index contributed by atoms with van der Waals surface area (Å²) in [5.41, 5.74) is 2.17. The maximum Gasteiger partial charge on any atom is 0.373 e. The molecule has 1 saturated heterocycles. The molecular weight excluding hydrogens is 498 g/mol. The highest BCUT2D eigenvalue weighted by Crippen LogP contribution is 2.35. The summed E-state index contributed by atoms with van der Waals surface area (Å²) >= 11 is 0.846. The van der Waals surface area contributed by atoms with Gasteiger partial charge >= 0.3 is 5.97 Å². The van der Waals surface area contributed by atoms with Crippen molar-refractivity contribution in [2.75, 3.05) is 7.11 Å². The topological polar surface area (TPSA) is 125 Å². The summed E-state index contributed by atoms with van der Waals surface area (Å²) in [5.74, 6) is -0.334. The molecule has 5 rings (SSSR count). The van der Waals surface area contributed by atoms with E-state index in [4.69, 9.17) is 4.42 Å². The highest BCUT2D eigenvalue weighted by Gasteiger charge is 2.35. The van der Waals surface area contributed by atoms with E-state index in [1.165, 1.54) is 31.4 Å². The van der Waals surface area contributed by atoms with Crippen LogP contribution in [0.1, 0.15) is 27.4 Å². The van der Waals surface area contributed by atoms with E-state index in [1.54, 1.807) is 18.2 Å². The molecule has 0 unspecified atom stereocenters. The summed E-state index contributed by atoms with van der Waals surface area (Å²) < 4.78 is 12.2. The van der Waals surface area contributed by atoms with Crippen LogP contribution in [0.5, 0.6) is 0 Å². The number of ether oxygens (including phenoxy) is 1. The average molecular weight is 518 g/mol. The molecule has 0 radical (unpaired) electrons. The number of imide groups is 1. The minimum absolute atomic E-state index is 0.0166. The molecule has 3 heterocycles. The van der Waals surface area contributed by atoms with Crippen molar-refractivity contribution in [3.8, 4) is 0 Å². The van der Waals surface area contributed by atoms with Gasteiger partial charge in [-0.25, -0.2) is 4.79 Å². The lowest BCUT2D eigenvalue weighted by Crippen LogP contribution is -2.27. The van der Waals surface area contributed by atoms with Crippen LogP contribution in [0.3, 0.4) is 0 Å². The lowest BCUT2D eigenvalue weighted by Gasteiger charge is -2.12. The van der Waals surface area contributed by atoms with E-state index >= 15 is 0 Å². The van der Waals surface area contributed by atoms with Crippen molar-refractivity contribution in [1.29, 1.82) is 0 Å². The highest BCUT2D eigenvalue weighted by atomic mass is 32.2. The molecule has 0 saturated carbocycles. The first-order chi connectivity index (χ1) is 17.8. The zero-order chi connectivity index (χ0) is 26.1. The Labute approximate surface area is 214 Å². The molecule has 2 aromatic carbocycles. The molecule has 1 aliphatic heterocycles. The van der Waals surface area contributed by atoms with Gasteiger partial charge in [0.1, 0.15) is 5.76 Å². The highest BCUT2D eigenvalue weighted by molar-refractivity contribution is 8.18. The van der Waals surface area contributed by atoms with Crippen LogP contribution in [0.25, 0.3) is 17.0 Å². The number of fused-ring (bicyclic) bond motifs is 1. The average Bonchev–Trinajstić information content (AvgIpc) is 3.58. The number of benzene rings is 2. The summed E-state index contributed by atoms with van der Waals surface area (Å²) in [6, 6.07) is 16.6. The molecule has 0 N–H and O–H groups in total. The van der Waals surface area contributed by atoms with Crippen LogP contribution in [0.4, 0.5) is 10.5 Å². The number of furan rings is 1. The number of esters is 1. The Morgan fingerprint density at radius 1 is 1.08 bits per heavy atom. The van der Waals surface area contributed by atoms with Gasteiger partial charge in [0.25, 0.3) is 16.8 Å². The predicted molar refractivity (Wildman–Crippen MR) is 136 cm³/mol. The number of hydrogen-bond donors (Lipinski definition) is 0. The predicted octanol–water partition coefficient (Wildman–Crippen LogP) is 5.21. The molecule has 2 aromatic heterocycles. The molecule has 1 aliphatic rings. The fraction of sp³-hybridized carbons (Fsp3) is 0.115. The van der Waals surface area contributed by atoms with Crippen LogP contribution in [0.2, 0.25) is 0 Å². The quantitative estimate of drug-likeness (QED) is 0.142. The number of carbonyl (C=O) groups is 3. The van der Waals surface area contributed by atoms with Crippen molar-refractivity contribution in [1.82, 2.24) is 9.47 Å². The summed E-state index contributed by atoms with van der Waals surface area (Å²) in [7, 11) is 1.28. The molecule has 4 aromatic rings. The number of rotatable bonds is 7. The lowest BCUT2D eigenvalue weighted by molar-refractivity contribution is -0.384. The molecule has 11 heteroatoms. The second-order valence-electron chi connectivity index (χ2n) is 8.18. The van der Waals surface area contributed by atoms with Crippen molar-refractivity contribution in [3.63, 3.8) is 0 Å². The van der Waals surface area contributed by atoms with Gasteiger partial charge in [0.15, 0.2) is 0 Å². The Balaban J connectivity index is 1.40. The second-order valence-corrected chi connectivity index (χ2v) is 9.17. The van der Waals surface area contributed by atoms with Crippen LogP contribution < -0.4 is 0 Å². The van der Waals surface area contributed by atoms with Crippen LogP contribution >= 0.6 is 11.8 Å². The van der Waals surface area contributed by atoms with E-state index in [2.05, 4.69) is 4.74 Å². The Morgan fingerprint density at radius 2 is 1.84 bits per heavy atom. The largest absolute Gasteiger partial charge is 0.463 e. The van der Waals surface area contributed by atoms with Gasteiger partial charge in [-0.3, -0.25) is 24.6 Å². The van der Waals surface area contributed by atoms with Gasteiger partial charge in [-0.1, -0.05) is 30.3 Å². The van der Waals surface area contributed by atoms with Gasteiger partial charge in [-0.15, -0.1) is 0 Å². The fourth-order valence-corrected chi connectivity index (χ4v) is 4.87. The Morgan fingerprint density at radius 3 is 2.57 bits per heavy atom. The number of carbonyl (C=O) groups excluding carboxylic acids is 3. The van der Waals surface area contributed by atoms with Gasteiger partial charge in [0.05, 0.1) is 30.0 Å². The summed E-state index contributed by atoms with van der Waals surface area (Å²) in [4.78, 5) is 49.2. The first kappa shape index (κ1) is 24.1. The summed E-state index contributed by atoms with van der Waals surface area (Å²) in [6.07, 6.45) is 3.54. The monoisotopic (exact) mass is 517 g/mol. The third-order valence-corrected chi connectivity index (χ3v) is 6.75. The normalized spacial score (nSPS) is 14.6. The third-order valence-electron chi connectivity index (χ3n) is 5.84. The fourth-order valence-electron chi connectivity index (χ4n) is 4.05. The van der Waals surface area contributed by atoms with Crippen LogP contribution in [0, 0.1) is 10.1 Å². The third kappa shape index (κ3) is 4.76. The first-order valence-electron chi connectivity index (χ1n) is 11.1. The second kappa shape index (κ2) is 9.78. The number of aromatic nitrogens is 1. The number of non-ortho nitro benzene ring substituents is 1.